The summed E-state index contributed by atoms with van der Waals surface area (Å²) in [6, 6.07) is 41.0. The number of aromatic nitrogens is 2. The number of nitrogens with zero attached hydrogens (tertiary/aromatic N) is 2. The van der Waals surface area contributed by atoms with Gasteiger partial charge in [0.25, 0.3) is 0 Å². The Morgan fingerprint density at radius 1 is 0.485 bits per heavy atom. The standard InChI is InChI=1S/C31H20N2/c1-2-9-23(10-3-1)33-29-13-7-6-12-26(29)28-20-22(15-17-30(28)33)31-27-16-14-21-8-4-5-11-24(21)25(27)18-19-32-31/h1-20H. The predicted molar refractivity (Wildman–Crippen MR) is 139 cm³/mol. The van der Waals surface area contributed by atoms with Gasteiger partial charge in [0.2, 0.25) is 0 Å². The molecular weight excluding hydrogens is 400 g/mol. The van der Waals surface area contributed by atoms with Crippen LogP contribution in [0, 0.1) is 0 Å². The van der Waals surface area contributed by atoms with Crippen LogP contribution in [-0.2, 0) is 0 Å². The zero-order valence-electron chi connectivity index (χ0n) is 17.9. The Hall–Kier alpha value is -4.43. The maximum absolute atomic E-state index is 4.83. The summed E-state index contributed by atoms with van der Waals surface area (Å²) in [4.78, 5) is 4.83. The summed E-state index contributed by atoms with van der Waals surface area (Å²) in [7, 11) is 0. The van der Waals surface area contributed by atoms with E-state index < -0.39 is 0 Å². The molecule has 0 atom stereocenters. The Bertz CT molecular complexity index is 1810. The maximum atomic E-state index is 4.83. The normalized spacial score (nSPS) is 11.6. The summed E-state index contributed by atoms with van der Waals surface area (Å²) in [5.41, 5.74) is 5.76. The minimum absolute atomic E-state index is 1.02. The number of hydrogen-bond acceptors (Lipinski definition) is 1. The molecule has 0 spiro atoms. The van der Waals surface area contributed by atoms with Crippen LogP contribution >= 0.6 is 0 Å². The number of benzene rings is 5. The van der Waals surface area contributed by atoms with Gasteiger partial charge < -0.3 is 4.57 Å². The van der Waals surface area contributed by atoms with Crippen LogP contribution in [0.5, 0.6) is 0 Å². The molecule has 0 bridgehead atoms. The Morgan fingerprint density at radius 3 is 2.15 bits per heavy atom. The van der Waals surface area contributed by atoms with Crippen molar-refractivity contribution in [3.05, 3.63) is 121 Å². The average Bonchev–Trinajstić information content (AvgIpc) is 3.22. The third kappa shape index (κ3) is 2.71. The van der Waals surface area contributed by atoms with Crippen molar-refractivity contribution in [2.45, 2.75) is 0 Å². The molecule has 0 aliphatic carbocycles. The molecule has 0 aliphatic heterocycles. The van der Waals surface area contributed by atoms with Crippen LogP contribution in [0.15, 0.2) is 121 Å². The summed E-state index contributed by atoms with van der Waals surface area (Å²) in [5, 5.41) is 7.44. The average molecular weight is 421 g/mol. The van der Waals surface area contributed by atoms with E-state index in [1.165, 1.54) is 49.0 Å². The Labute approximate surface area is 191 Å². The molecule has 2 heterocycles. The lowest BCUT2D eigenvalue weighted by molar-refractivity contribution is 1.18. The second-order valence-corrected chi connectivity index (χ2v) is 8.46. The first-order chi connectivity index (χ1) is 16.4. The van der Waals surface area contributed by atoms with Gasteiger partial charge in [-0.25, -0.2) is 0 Å². The smallest absolute Gasteiger partial charge is 0.0780 e. The van der Waals surface area contributed by atoms with E-state index in [1.807, 2.05) is 6.20 Å². The van der Waals surface area contributed by atoms with Gasteiger partial charge >= 0.3 is 0 Å². The van der Waals surface area contributed by atoms with Gasteiger partial charge in [-0.15, -0.1) is 0 Å². The number of fused-ring (bicyclic) bond motifs is 6. The minimum atomic E-state index is 1.02. The summed E-state index contributed by atoms with van der Waals surface area (Å²) >= 11 is 0. The van der Waals surface area contributed by atoms with Crippen LogP contribution in [0.1, 0.15) is 0 Å². The Kier molecular flexibility index (Phi) is 3.88. The van der Waals surface area contributed by atoms with Crippen molar-refractivity contribution in [1.29, 1.82) is 0 Å². The van der Waals surface area contributed by atoms with Gasteiger partial charge in [-0.3, -0.25) is 4.98 Å². The second kappa shape index (κ2) is 7.04. The van der Waals surface area contributed by atoms with Crippen LogP contribution < -0.4 is 0 Å². The van der Waals surface area contributed by atoms with Crippen molar-refractivity contribution in [3.8, 4) is 16.9 Å². The lowest BCUT2D eigenvalue weighted by atomic mass is 9.98. The summed E-state index contributed by atoms with van der Waals surface area (Å²) < 4.78 is 2.35. The van der Waals surface area contributed by atoms with E-state index >= 15 is 0 Å². The summed E-state index contributed by atoms with van der Waals surface area (Å²) in [6.07, 6.45) is 1.93. The van der Waals surface area contributed by atoms with E-state index in [1.54, 1.807) is 0 Å². The lowest BCUT2D eigenvalue weighted by Gasteiger charge is -2.10. The largest absolute Gasteiger partial charge is 0.309 e. The molecule has 2 aromatic heterocycles. The van der Waals surface area contributed by atoms with E-state index in [4.69, 9.17) is 4.98 Å². The topological polar surface area (TPSA) is 17.8 Å². The molecule has 5 aromatic carbocycles. The van der Waals surface area contributed by atoms with Crippen LogP contribution in [0.4, 0.5) is 0 Å². The first-order valence-corrected chi connectivity index (χ1v) is 11.2. The molecule has 0 saturated carbocycles. The van der Waals surface area contributed by atoms with E-state index in [0.29, 0.717) is 0 Å². The highest BCUT2D eigenvalue weighted by atomic mass is 15.0. The van der Waals surface area contributed by atoms with E-state index in [2.05, 4.69) is 120 Å². The van der Waals surface area contributed by atoms with Crippen molar-refractivity contribution >= 4 is 43.4 Å². The van der Waals surface area contributed by atoms with E-state index in [9.17, 15) is 0 Å². The highest BCUT2D eigenvalue weighted by Gasteiger charge is 2.14. The third-order valence-corrected chi connectivity index (χ3v) is 6.63. The Balaban J connectivity index is 1.53. The van der Waals surface area contributed by atoms with Crippen LogP contribution in [0.25, 0.3) is 60.3 Å². The molecule has 0 aliphatic rings. The zero-order chi connectivity index (χ0) is 21.8. The van der Waals surface area contributed by atoms with Crippen molar-refractivity contribution in [3.63, 3.8) is 0 Å². The Morgan fingerprint density at radius 2 is 1.24 bits per heavy atom. The van der Waals surface area contributed by atoms with Gasteiger partial charge in [0, 0.05) is 33.6 Å². The van der Waals surface area contributed by atoms with Gasteiger partial charge in [0.05, 0.1) is 16.7 Å². The third-order valence-electron chi connectivity index (χ3n) is 6.63. The molecule has 0 amide bonds. The lowest BCUT2D eigenvalue weighted by Crippen LogP contribution is -1.93. The molecule has 0 unspecified atom stereocenters. The van der Waals surface area contributed by atoms with E-state index in [0.717, 1.165) is 11.3 Å². The van der Waals surface area contributed by atoms with Crippen molar-refractivity contribution < 1.29 is 0 Å². The molecular formula is C31H20N2. The molecule has 0 radical (unpaired) electrons. The predicted octanol–water partition coefficient (Wildman–Crippen LogP) is 8.15. The van der Waals surface area contributed by atoms with Crippen molar-refractivity contribution in [2.75, 3.05) is 0 Å². The molecule has 2 nitrogen and oxygen atoms in total. The van der Waals surface area contributed by atoms with Gasteiger partial charge in [-0.2, -0.15) is 0 Å². The minimum Gasteiger partial charge on any atom is -0.309 e. The SMILES string of the molecule is c1ccc(-n2c3ccccc3c3cc(-c4nccc5c4ccc4ccccc45)ccc32)cc1. The van der Waals surface area contributed by atoms with Crippen molar-refractivity contribution in [2.24, 2.45) is 0 Å². The molecule has 0 saturated heterocycles. The molecule has 2 heteroatoms. The maximum Gasteiger partial charge on any atom is 0.0780 e. The quantitative estimate of drug-likeness (QED) is 0.258. The van der Waals surface area contributed by atoms with Gasteiger partial charge in [0.1, 0.15) is 0 Å². The van der Waals surface area contributed by atoms with Gasteiger partial charge in [-0.1, -0.05) is 78.9 Å². The number of hydrogen-bond donors (Lipinski definition) is 0. The van der Waals surface area contributed by atoms with Crippen LogP contribution in [0.2, 0.25) is 0 Å². The molecule has 33 heavy (non-hydrogen) atoms. The molecule has 0 N–H and O–H groups in total. The van der Waals surface area contributed by atoms with Crippen LogP contribution in [0.3, 0.4) is 0 Å². The highest BCUT2D eigenvalue weighted by molar-refractivity contribution is 6.13. The summed E-state index contributed by atoms with van der Waals surface area (Å²) in [5.74, 6) is 0. The zero-order valence-corrected chi connectivity index (χ0v) is 17.9. The fraction of sp³-hybridized carbons (Fsp3) is 0. The van der Waals surface area contributed by atoms with Gasteiger partial charge in [0.15, 0.2) is 0 Å². The molecule has 7 rings (SSSR count). The fourth-order valence-corrected chi connectivity index (χ4v) is 5.14. The number of rotatable bonds is 2. The molecule has 7 aromatic rings. The highest BCUT2D eigenvalue weighted by Crippen LogP contribution is 2.37. The van der Waals surface area contributed by atoms with E-state index in [-0.39, 0.29) is 0 Å². The molecule has 0 fully saturated rings. The summed E-state index contributed by atoms with van der Waals surface area (Å²) in [6.45, 7) is 0. The monoisotopic (exact) mass is 420 g/mol. The molecule has 154 valence electrons. The number of pyridine rings is 1. The number of para-hydroxylation sites is 2. The fourth-order valence-electron chi connectivity index (χ4n) is 5.14. The second-order valence-electron chi connectivity index (χ2n) is 8.46. The van der Waals surface area contributed by atoms with Crippen LogP contribution in [-0.4, -0.2) is 9.55 Å². The van der Waals surface area contributed by atoms with Crippen molar-refractivity contribution in [1.82, 2.24) is 9.55 Å². The first-order valence-electron chi connectivity index (χ1n) is 11.2. The first kappa shape index (κ1) is 18.2. The van der Waals surface area contributed by atoms with Gasteiger partial charge in [-0.05, 0) is 52.6 Å².